The molecule has 1 amide bonds. The number of phenols is 1. The number of aromatic nitrogens is 1. The highest BCUT2D eigenvalue weighted by Gasteiger charge is 2.11. The first-order valence-electron chi connectivity index (χ1n) is 6.31. The van der Waals surface area contributed by atoms with Gasteiger partial charge in [-0.05, 0) is 37.0 Å². The van der Waals surface area contributed by atoms with Crippen LogP contribution in [0.15, 0.2) is 22.4 Å². The van der Waals surface area contributed by atoms with E-state index in [9.17, 15) is 9.90 Å². The monoisotopic (exact) mass is 315 g/mol. The first-order chi connectivity index (χ1) is 10.4. The Balaban J connectivity index is 2.43. The van der Waals surface area contributed by atoms with Crippen LogP contribution in [0.4, 0.5) is 16.4 Å². The third-order valence-electron chi connectivity index (χ3n) is 2.83. The van der Waals surface area contributed by atoms with Crippen molar-refractivity contribution in [1.29, 1.82) is 5.26 Å². The molecule has 2 aromatic rings. The molecule has 0 saturated heterocycles. The molecule has 0 aliphatic heterocycles. The molecule has 0 saturated carbocycles. The van der Waals surface area contributed by atoms with E-state index in [2.05, 4.69) is 19.9 Å². The van der Waals surface area contributed by atoms with Gasteiger partial charge in [0.2, 0.25) is 5.91 Å². The van der Waals surface area contributed by atoms with Crippen LogP contribution in [0.3, 0.4) is 0 Å². The lowest BCUT2D eigenvalue weighted by Crippen LogP contribution is -2.05. The maximum atomic E-state index is 11.2. The van der Waals surface area contributed by atoms with Crippen molar-refractivity contribution in [3.63, 3.8) is 0 Å². The normalized spacial score (nSPS) is 10.6. The van der Waals surface area contributed by atoms with Crippen LogP contribution in [0.25, 0.3) is 0 Å². The number of rotatable bonds is 3. The first kappa shape index (κ1) is 15.6. The summed E-state index contributed by atoms with van der Waals surface area (Å²) in [7, 11) is 0. The van der Waals surface area contributed by atoms with Gasteiger partial charge in [-0.25, -0.2) is 0 Å². The second-order valence-electron chi connectivity index (χ2n) is 4.60. The van der Waals surface area contributed by atoms with E-state index in [4.69, 9.17) is 5.26 Å². The van der Waals surface area contributed by atoms with E-state index in [0.29, 0.717) is 33.2 Å². The fraction of sp³-hybridized carbons (Fsp3) is 0.214. The Hall–Kier alpha value is -2.79. The van der Waals surface area contributed by atoms with E-state index in [1.165, 1.54) is 13.0 Å². The summed E-state index contributed by atoms with van der Waals surface area (Å²) in [5, 5.41) is 29.9. The third kappa shape index (κ3) is 3.27. The Morgan fingerprint density at radius 3 is 2.77 bits per heavy atom. The minimum atomic E-state index is -0.286. The van der Waals surface area contributed by atoms with Gasteiger partial charge < -0.3 is 10.4 Å². The number of aromatic hydroxyl groups is 1. The predicted molar refractivity (Wildman–Crippen MR) is 82.9 cm³/mol. The molecule has 0 radical (unpaired) electrons. The van der Waals surface area contributed by atoms with Crippen LogP contribution >= 0.6 is 11.5 Å². The van der Waals surface area contributed by atoms with Crippen molar-refractivity contribution in [1.82, 2.24) is 4.37 Å². The number of anilines is 1. The molecule has 0 atom stereocenters. The molecular formula is C14H13N5O2S. The maximum absolute atomic E-state index is 11.2. The molecule has 1 heterocycles. The van der Waals surface area contributed by atoms with Crippen LogP contribution in [0.2, 0.25) is 0 Å². The first-order valence-corrected chi connectivity index (χ1v) is 7.09. The number of hydrogen-bond acceptors (Lipinski definition) is 7. The van der Waals surface area contributed by atoms with Crippen LogP contribution in [0.1, 0.15) is 23.7 Å². The van der Waals surface area contributed by atoms with Gasteiger partial charge in [0, 0.05) is 13.0 Å². The molecular weight excluding hydrogens is 302 g/mol. The van der Waals surface area contributed by atoms with E-state index < -0.39 is 0 Å². The van der Waals surface area contributed by atoms with E-state index in [-0.39, 0.29) is 11.7 Å². The summed E-state index contributed by atoms with van der Waals surface area (Å²) < 4.78 is 4.06. The Labute approximate surface area is 131 Å². The molecule has 8 heteroatoms. The number of amides is 1. The largest absolute Gasteiger partial charge is 0.508 e. The minimum absolute atomic E-state index is 0.0500. The fourth-order valence-corrected chi connectivity index (χ4v) is 2.38. The highest BCUT2D eigenvalue weighted by atomic mass is 32.1. The number of carbonyl (C=O) groups is 1. The van der Waals surface area contributed by atoms with E-state index >= 15 is 0 Å². The lowest BCUT2D eigenvalue weighted by molar-refractivity contribution is -0.114. The highest BCUT2D eigenvalue weighted by Crippen LogP contribution is 2.35. The number of azo groups is 1. The van der Waals surface area contributed by atoms with Crippen molar-refractivity contribution in [2.75, 3.05) is 5.32 Å². The van der Waals surface area contributed by atoms with Crippen molar-refractivity contribution in [3.05, 3.63) is 29.0 Å². The summed E-state index contributed by atoms with van der Waals surface area (Å²) in [6.07, 6.45) is 0. The molecule has 112 valence electrons. The average molecular weight is 315 g/mol. The zero-order valence-corrected chi connectivity index (χ0v) is 13.0. The summed E-state index contributed by atoms with van der Waals surface area (Å²) >= 11 is 1.08. The molecule has 2 N–H and O–H groups in total. The van der Waals surface area contributed by atoms with Gasteiger partial charge in [0.05, 0.1) is 11.4 Å². The van der Waals surface area contributed by atoms with Gasteiger partial charge in [0.1, 0.15) is 23.1 Å². The quantitative estimate of drug-likeness (QED) is 0.841. The number of phenolic OH excluding ortho intramolecular Hbond substituents is 1. The van der Waals surface area contributed by atoms with E-state index in [1.807, 2.05) is 6.07 Å². The lowest BCUT2D eigenvalue weighted by atomic mass is 10.1. The van der Waals surface area contributed by atoms with Crippen LogP contribution in [-0.2, 0) is 4.79 Å². The molecule has 1 aromatic carbocycles. The number of carbonyl (C=O) groups excluding carboxylic acids is 1. The zero-order valence-electron chi connectivity index (χ0n) is 12.2. The molecule has 7 nitrogen and oxygen atoms in total. The summed E-state index contributed by atoms with van der Waals surface area (Å²) in [4.78, 5) is 11.2. The molecule has 0 unspecified atom stereocenters. The fourth-order valence-electron chi connectivity index (χ4n) is 1.71. The van der Waals surface area contributed by atoms with E-state index in [0.717, 1.165) is 11.5 Å². The minimum Gasteiger partial charge on any atom is -0.508 e. The zero-order chi connectivity index (χ0) is 16.3. The summed E-state index contributed by atoms with van der Waals surface area (Å²) in [6.45, 7) is 4.79. The van der Waals surface area contributed by atoms with Gasteiger partial charge >= 0.3 is 0 Å². The summed E-state index contributed by atoms with van der Waals surface area (Å²) in [5.41, 5.74) is 2.32. The van der Waals surface area contributed by atoms with Crippen molar-refractivity contribution in [2.45, 2.75) is 20.8 Å². The smallest absolute Gasteiger partial charge is 0.221 e. The Morgan fingerprint density at radius 2 is 2.14 bits per heavy atom. The Kier molecular flexibility index (Phi) is 4.48. The second kappa shape index (κ2) is 6.32. The Bertz CT molecular complexity index is 804. The van der Waals surface area contributed by atoms with Crippen molar-refractivity contribution in [3.8, 4) is 11.8 Å². The van der Waals surface area contributed by atoms with Crippen molar-refractivity contribution in [2.24, 2.45) is 10.2 Å². The predicted octanol–water partition coefficient (Wildman–Crippen LogP) is 3.71. The van der Waals surface area contributed by atoms with Crippen LogP contribution in [0.5, 0.6) is 5.75 Å². The van der Waals surface area contributed by atoms with Gasteiger partial charge in [0.15, 0.2) is 5.00 Å². The summed E-state index contributed by atoms with van der Waals surface area (Å²) in [5.74, 6) is -0.236. The SMILES string of the molecule is CC(=O)Nc1cc(O)c(C)cc1N=Nc1snc(C)c1C#N. The van der Waals surface area contributed by atoms with Gasteiger partial charge in [-0.1, -0.05) is 0 Å². The lowest BCUT2D eigenvalue weighted by Gasteiger charge is -2.08. The molecule has 0 fully saturated rings. The van der Waals surface area contributed by atoms with Gasteiger partial charge in [-0.3, -0.25) is 4.79 Å². The van der Waals surface area contributed by atoms with Gasteiger partial charge in [0.25, 0.3) is 0 Å². The second-order valence-corrected chi connectivity index (χ2v) is 5.35. The Morgan fingerprint density at radius 1 is 1.41 bits per heavy atom. The number of nitrogens with zero attached hydrogens (tertiary/aromatic N) is 4. The number of nitrogens with one attached hydrogen (secondary N) is 1. The highest BCUT2D eigenvalue weighted by molar-refractivity contribution is 7.10. The number of benzene rings is 1. The molecule has 2 rings (SSSR count). The summed E-state index contributed by atoms with van der Waals surface area (Å²) in [6, 6.07) is 5.04. The van der Waals surface area contributed by atoms with Crippen LogP contribution < -0.4 is 5.32 Å². The average Bonchev–Trinajstić information content (AvgIpc) is 2.80. The molecule has 1 aromatic heterocycles. The molecule has 0 spiro atoms. The standard InChI is InChI=1S/C14H13N5O2S/c1-7-4-12(11(5-13(7)21)16-9(3)20)17-18-14-10(6-15)8(2)19-22-14/h4-5,21H,1-3H3,(H,16,20). The number of nitriles is 1. The van der Waals surface area contributed by atoms with Crippen LogP contribution in [-0.4, -0.2) is 15.4 Å². The number of aryl methyl sites for hydroxylation is 2. The van der Waals surface area contributed by atoms with Crippen molar-refractivity contribution >= 4 is 33.8 Å². The molecule has 0 aliphatic rings. The van der Waals surface area contributed by atoms with Crippen LogP contribution in [0, 0.1) is 25.2 Å². The maximum Gasteiger partial charge on any atom is 0.221 e. The van der Waals surface area contributed by atoms with Gasteiger partial charge in [-0.15, -0.1) is 10.2 Å². The van der Waals surface area contributed by atoms with E-state index in [1.54, 1.807) is 19.9 Å². The van der Waals surface area contributed by atoms with Crippen molar-refractivity contribution < 1.29 is 9.90 Å². The molecule has 0 bridgehead atoms. The number of hydrogen-bond donors (Lipinski definition) is 2. The van der Waals surface area contributed by atoms with Gasteiger partial charge in [-0.2, -0.15) is 9.64 Å². The molecule has 22 heavy (non-hydrogen) atoms. The molecule has 0 aliphatic carbocycles. The third-order valence-corrected chi connectivity index (χ3v) is 3.65. The topological polar surface area (TPSA) is 111 Å².